The van der Waals surface area contributed by atoms with Gasteiger partial charge < -0.3 is 14.8 Å². The van der Waals surface area contributed by atoms with Crippen molar-refractivity contribution in [2.45, 2.75) is 65.7 Å². The molecule has 270 valence electrons. The standard InChI is InChI=1S/C44H51F2NO4/c1-4-31(36-23-33(36)19-29-11-7-5-8-12-29)15-18-47-40-28(3)27(2)38-37(22-30-20-34(45)24-35(46)21-30)39(38)41(48)42(40)50-25-44(16-17-44)26-51-43(49)32-13-9-6-10-14-32/h5-14,20-21,24,27-28,31,33,36-39,47H,4,15-19,22-23,25-26H2,1-3H3/t27?,28?,31?,33?,36?,37?,38?,39-/m1/s1. The van der Waals surface area contributed by atoms with Gasteiger partial charge in [-0.2, -0.15) is 0 Å². The average Bonchev–Trinajstić information content (AvgIpc) is 4.06. The van der Waals surface area contributed by atoms with E-state index in [0.717, 1.165) is 62.2 Å². The third-order valence-electron chi connectivity index (χ3n) is 12.5. The lowest BCUT2D eigenvalue weighted by molar-refractivity contribution is -0.121. The summed E-state index contributed by atoms with van der Waals surface area (Å²) in [6.45, 7) is 7.95. The van der Waals surface area contributed by atoms with E-state index in [1.807, 2.05) is 18.2 Å². The molecule has 0 aliphatic heterocycles. The smallest absolute Gasteiger partial charge is 0.338 e. The number of hydrogen-bond acceptors (Lipinski definition) is 5. The molecule has 1 N–H and O–H groups in total. The summed E-state index contributed by atoms with van der Waals surface area (Å²) in [5.41, 5.74) is 3.05. The molecule has 4 aliphatic rings. The first-order chi connectivity index (χ1) is 24.7. The number of carbonyl (C=O) groups excluding carboxylic acids is 2. The summed E-state index contributed by atoms with van der Waals surface area (Å²) in [7, 11) is 0. The number of benzene rings is 3. The molecule has 3 aromatic rings. The molecule has 0 amide bonds. The fourth-order valence-electron chi connectivity index (χ4n) is 8.95. The Balaban J connectivity index is 1.05. The zero-order chi connectivity index (χ0) is 35.7. The number of ether oxygens (including phenoxy) is 2. The Hall–Kier alpha value is -4.00. The molecule has 7 rings (SSSR count). The largest absolute Gasteiger partial charge is 0.487 e. The number of carbonyl (C=O) groups is 2. The van der Waals surface area contributed by atoms with Gasteiger partial charge >= 0.3 is 5.97 Å². The van der Waals surface area contributed by atoms with E-state index in [1.54, 1.807) is 12.1 Å². The van der Waals surface area contributed by atoms with E-state index in [2.05, 4.69) is 56.4 Å². The van der Waals surface area contributed by atoms with Gasteiger partial charge in [0.1, 0.15) is 18.2 Å². The molecule has 0 bridgehead atoms. The highest BCUT2D eigenvalue weighted by atomic mass is 19.1. The predicted molar refractivity (Wildman–Crippen MR) is 193 cm³/mol. The van der Waals surface area contributed by atoms with Crippen molar-refractivity contribution in [3.8, 4) is 0 Å². The first-order valence-electron chi connectivity index (χ1n) is 19.0. The van der Waals surface area contributed by atoms with Crippen molar-refractivity contribution in [1.82, 2.24) is 5.32 Å². The van der Waals surface area contributed by atoms with Crippen LogP contribution in [-0.2, 0) is 27.1 Å². The van der Waals surface area contributed by atoms with Crippen molar-refractivity contribution in [2.24, 2.45) is 52.8 Å². The van der Waals surface area contributed by atoms with E-state index in [-0.39, 0.29) is 53.4 Å². The van der Waals surface area contributed by atoms with E-state index < -0.39 is 11.6 Å². The molecule has 5 nitrogen and oxygen atoms in total. The summed E-state index contributed by atoms with van der Waals surface area (Å²) in [6.07, 6.45) is 6.72. The van der Waals surface area contributed by atoms with Crippen LogP contribution in [0.15, 0.2) is 90.3 Å². The monoisotopic (exact) mass is 695 g/mol. The average molecular weight is 696 g/mol. The highest BCUT2D eigenvalue weighted by Crippen LogP contribution is 2.59. The van der Waals surface area contributed by atoms with Gasteiger partial charge in [-0.05, 0) is 109 Å². The molecule has 3 saturated carbocycles. The molecule has 0 aromatic heterocycles. The summed E-state index contributed by atoms with van der Waals surface area (Å²) in [5, 5.41) is 3.73. The molecule has 7 unspecified atom stereocenters. The molecule has 0 heterocycles. The Bertz CT molecular complexity index is 1720. The second-order valence-electron chi connectivity index (χ2n) is 16.0. The number of allylic oxidation sites excluding steroid dienone is 2. The van der Waals surface area contributed by atoms with Gasteiger partial charge in [-0.15, -0.1) is 0 Å². The minimum absolute atomic E-state index is 0.00102. The fraction of sp³-hybridized carbons (Fsp3) is 0.500. The number of ketones is 1. The third-order valence-corrected chi connectivity index (χ3v) is 12.5. The van der Waals surface area contributed by atoms with Crippen LogP contribution in [-0.4, -0.2) is 31.5 Å². The summed E-state index contributed by atoms with van der Waals surface area (Å²) < 4.78 is 40.5. The molecule has 3 aromatic carbocycles. The van der Waals surface area contributed by atoms with Crippen LogP contribution >= 0.6 is 0 Å². The Labute approximate surface area is 301 Å². The van der Waals surface area contributed by atoms with Crippen LogP contribution in [0.2, 0.25) is 0 Å². The van der Waals surface area contributed by atoms with Crippen molar-refractivity contribution >= 4 is 11.8 Å². The van der Waals surface area contributed by atoms with Gasteiger partial charge in [0.15, 0.2) is 5.76 Å². The predicted octanol–water partition coefficient (Wildman–Crippen LogP) is 8.97. The lowest BCUT2D eigenvalue weighted by Gasteiger charge is -2.27. The number of halogens is 2. The van der Waals surface area contributed by atoms with Gasteiger partial charge in [0, 0.05) is 29.9 Å². The van der Waals surface area contributed by atoms with Crippen molar-refractivity contribution in [3.05, 3.63) is 119 Å². The van der Waals surface area contributed by atoms with E-state index in [4.69, 9.17) is 9.47 Å². The zero-order valence-electron chi connectivity index (χ0n) is 30.1. The second-order valence-corrected chi connectivity index (χ2v) is 16.0. The Kier molecular flexibility index (Phi) is 10.4. The molecular formula is C44H51F2NO4. The minimum atomic E-state index is -0.598. The third kappa shape index (κ3) is 8.08. The van der Waals surface area contributed by atoms with Gasteiger partial charge in [-0.25, -0.2) is 13.6 Å². The van der Waals surface area contributed by atoms with Crippen LogP contribution in [0.5, 0.6) is 0 Å². The number of hydrogen-bond donors (Lipinski definition) is 1. The van der Waals surface area contributed by atoms with E-state index >= 15 is 0 Å². The highest BCUT2D eigenvalue weighted by molar-refractivity contribution is 5.99. The van der Waals surface area contributed by atoms with Crippen LogP contribution in [0, 0.1) is 64.4 Å². The molecular weight excluding hydrogens is 644 g/mol. The topological polar surface area (TPSA) is 64.6 Å². The van der Waals surface area contributed by atoms with Crippen LogP contribution in [0.25, 0.3) is 0 Å². The summed E-state index contributed by atoms with van der Waals surface area (Å²) >= 11 is 0. The van der Waals surface area contributed by atoms with Gasteiger partial charge in [0.2, 0.25) is 5.78 Å². The lowest BCUT2D eigenvalue weighted by atomic mass is 9.87. The van der Waals surface area contributed by atoms with E-state index in [1.165, 1.54) is 24.1 Å². The van der Waals surface area contributed by atoms with Gasteiger partial charge in [0.25, 0.3) is 0 Å². The SMILES string of the molecule is CCC(CCNC1=C(OCC2(COC(=O)c3ccccc3)CC2)C(=O)[C@@H]2C(Cc3cc(F)cc(F)c3)C2C(C)C1C)C1CC1Cc1ccccc1. The Morgan fingerprint density at radius 2 is 1.61 bits per heavy atom. The highest BCUT2D eigenvalue weighted by Gasteiger charge is 2.61. The maximum atomic E-state index is 14.4. The van der Waals surface area contributed by atoms with Gasteiger partial charge in [-0.1, -0.05) is 75.7 Å². The van der Waals surface area contributed by atoms with Crippen LogP contribution in [0.4, 0.5) is 8.78 Å². The molecule has 0 saturated heterocycles. The van der Waals surface area contributed by atoms with Crippen LogP contribution < -0.4 is 5.32 Å². The number of nitrogens with one attached hydrogen (secondary N) is 1. The quantitative estimate of drug-likeness (QED) is 0.152. The number of esters is 1. The fourth-order valence-corrected chi connectivity index (χ4v) is 8.95. The molecule has 4 aliphatic carbocycles. The van der Waals surface area contributed by atoms with E-state index in [9.17, 15) is 18.4 Å². The lowest BCUT2D eigenvalue weighted by Crippen LogP contribution is -2.30. The number of Topliss-reactive ketones (excluding diaryl/α,β-unsaturated/α-hetero) is 1. The first-order valence-corrected chi connectivity index (χ1v) is 19.0. The van der Waals surface area contributed by atoms with Crippen LogP contribution in [0.3, 0.4) is 0 Å². The summed E-state index contributed by atoms with van der Waals surface area (Å²) in [6, 6.07) is 23.4. The molecule has 8 atom stereocenters. The zero-order valence-corrected chi connectivity index (χ0v) is 30.1. The molecule has 51 heavy (non-hydrogen) atoms. The van der Waals surface area contributed by atoms with Crippen LogP contribution in [0.1, 0.15) is 74.4 Å². The van der Waals surface area contributed by atoms with Crippen molar-refractivity contribution in [3.63, 3.8) is 0 Å². The minimum Gasteiger partial charge on any atom is -0.487 e. The van der Waals surface area contributed by atoms with Crippen molar-refractivity contribution < 1.29 is 27.8 Å². The van der Waals surface area contributed by atoms with E-state index in [0.29, 0.717) is 35.8 Å². The maximum absolute atomic E-state index is 14.4. The van der Waals surface area contributed by atoms with Gasteiger partial charge in [-0.3, -0.25) is 4.79 Å². The number of fused-ring (bicyclic) bond motifs is 1. The van der Waals surface area contributed by atoms with Crippen molar-refractivity contribution in [2.75, 3.05) is 19.8 Å². The maximum Gasteiger partial charge on any atom is 0.338 e. The van der Waals surface area contributed by atoms with Crippen molar-refractivity contribution in [1.29, 1.82) is 0 Å². The Morgan fingerprint density at radius 1 is 0.922 bits per heavy atom. The number of rotatable bonds is 16. The molecule has 0 radical (unpaired) electrons. The summed E-state index contributed by atoms with van der Waals surface area (Å²) in [4.78, 5) is 27.2. The molecule has 3 fully saturated rings. The molecule has 7 heteroatoms. The normalized spacial score (nSPS) is 27.9. The van der Waals surface area contributed by atoms with Gasteiger partial charge in [0.05, 0.1) is 17.9 Å². The first kappa shape index (κ1) is 35.4. The Morgan fingerprint density at radius 3 is 2.27 bits per heavy atom. The molecule has 0 spiro atoms. The summed E-state index contributed by atoms with van der Waals surface area (Å²) in [5.74, 6) is 0.947. The second kappa shape index (κ2) is 14.9.